The van der Waals surface area contributed by atoms with Gasteiger partial charge in [-0.3, -0.25) is 14.7 Å². The van der Waals surface area contributed by atoms with Crippen LogP contribution in [0.5, 0.6) is 0 Å². The maximum absolute atomic E-state index is 13.5. The van der Waals surface area contributed by atoms with Crippen LogP contribution < -0.4 is 5.32 Å². The van der Waals surface area contributed by atoms with Crippen molar-refractivity contribution in [2.45, 2.75) is 51.8 Å². The molecule has 3 aliphatic rings. The Morgan fingerprint density at radius 3 is 2.88 bits per heavy atom. The second kappa shape index (κ2) is 8.16. The summed E-state index contributed by atoms with van der Waals surface area (Å²) in [6.07, 6.45) is 1.52. The van der Waals surface area contributed by atoms with Crippen LogP contribution in [0.2, 0.25) is 5.02 Å². The minimum Gasteiger partial charge on any atom is -0.372 e. The molecular formula is C25H28ClN5O2S. The van der Waals surface area contributed by atoms with Crippen molar-refractivity contribution in [3.63, 3.8) is 0 Å². The third kappa shape index (κ3) is 3.59. The zero-order valence-corrected chi connectivity index (χ0v) is 21.2. The number of amides is 1. The molecule has 1 aromatic carbocycles. The summed E-state index contributed by atoms with van der Waals surface area (Å²) in [7, 11) is 0. The minimum atomic E-state index is -0.296. The van der Waals surface area contributed by atoms with Crippen LogP contribution in [0, 0.1) is 12.8 Å². The minimum absolute atomic E-state index is 0.0305. The lowest BCUT2D eigenvalue weighted by Gasteiger charge is -2.39. The van der Waals surface area contributed by atoms with Crippen LogP contribution in [-0.2, 0) is 28.9 Å². The first-order chi connectivity index (χ1) is 16.3. The molecule has 4 heterocycles. The van der Waals surface area contributed by atoms with Crippen molar-refractivity contribution >= 4 is 28.8 Å². The van der Waals surface area contributed by atoms with E-state index in [1.807, 2.05) is 30.0 Å². The van der Waals surface area contributed by atoms with Crippen LogP contribution in [0.15, 0.2) is 24.3 Å². The number of nitrogens with one attached hydrogen (secondary N) is 1. The van der Waals surface area contributed by atoms with E-state index in [-0.39, 0.29) is 23.5 Å². The van der Waals surface area contributed by atoms with E-state index in [4.69, 9.17) is 16.3 Å². The number of nitrogens with zero attached hydrogens (tertiary/aromatic N) is 4. The van der Waals surface area contributed by atoms with E-state index in [2.05, 4.69) is 40.0 Å². The Labute approximate surface area is 208 Å². The molecule has 0 bridgehead atoms. The van der Waals surface area contributed by atoms with E-state index in [1.165, 1.54) is 16.0 Å². The standard InChI is InChI=1S/C25H28ClN5O2S/c1-14-28-29-20-12-27-22(16-6-4-5-7-18(16)26)21-17-10-15(11-19(17)34-24(21)31(14)20)23(32)30-8-9-33-25(2,3)13-30/h4-7,15,22,27H,8-13H2,1-3H3/t15-,22-/m0/s1. The highest BCUT2D eigenvalue weighted by molar-refractivity contribution is 7.15. The van der Waals surface area contributed by atoms with E-state index in [9.17, 15) is 4.79 Å². The number of benzene rings is 1. The smallest absolute Gasteiger partial charge is 0.226 e. The predicted octanol–water partition coefficient (Wildman–Crippen LogP) is 3.84. The van der Waals surface area contributed by atoms with Gasteiger partial charge in [0.2, 0.25) is 5.91 Å². The highest BCUT2D eigenvalue weighted by Crippen LogP contribution is 2.47. The summed E-state index contributed by atoms with van der Waals surface area (Å²) in [5.74, 6) is 1.99. The monoisotopic (exact) mass is 497 g/mol. The number of rotatable bonds is 2. The number of hydrogen-bond acceptors (Lipinski definition) is 6. The molecule has 2 aromatic heterocycles. The molecular weight excluding hydrogens is 470 g/mol. The van der Waals surface area contributed by atoms with Crippen molar-refractivity contribution in [3.8, 4) is 5.00 Å². The molecule has 1 saturated heterocycles. The highest BCUT2D eigenvalue weighted by Gasteiger charge is 2.41. The number of morpholine rings is 1. The Morgan fingerprint density at radius 2 is 2.09 bits per heavy atom. The highest BCUT2D eigenvalue weighted by atomic mass is 35.5. The fraction of sp³-hybridized carbons (Fsp3) is 0.480. The van der Waals surface area contributed by atoms with E-state index < -0.39 is 0 Å². The quantitative estimate of drug-likeness (QED) is 0.582. The summed E-state index contributed by atoms with van der Waals surface area (Å²) >= 11 is 8.45. The maximum atomic E-state index is 13.5. The molecule has 3 aromatic rings. The Balaban J connectivity index is 1.40. The fourth-order valence-corrected chi connectivity index (χ4v) is 7.36. The van der Waals surface area contributed by atoms with E-state index in [0.717, 1.165) is 40.1 Å². The average Bonchev–Trinajstić information content (AvgIpc) is 3.44. The molecule has 2 aliphatic heterocycles. The number of carbonyl (C=O) groups excluding carboxylic acids is 1. The van der Waals surface area contributed by atoms with Gasteiger partial charge in [-0.2, -0.15) is 0 Å². The molecule has 2 atom stereocenters. The summed E-state index contributed by atoms with van der Waals surface area (Å²) in [6.45, 7) is 8.59. The van der Waals surface area contributed by atoms with Gasteiger partial charge in [-0.05, 0) is 50.8 Å². The summed E-state index contributed by atoms with van der Waals surface area (Å²) in [6, 6.07) is 7.94. The molecule has 34 heavy (non-hydrogen) atoms. The van der Waals surface area contributed by atoms with Gasteiger partial charge in [0.15, 0.2) is 5.82 Å². The Bertz CT molecular complexity index is 1280. The number of carbonyl (C=O) groups is 1. The molecule has 0 radical (unpaired) electrons. The largest absolute Gasteiger partial charge is 0.372 e. The first kappa shape index (κ1) is 22.2. The molecule has 1 aliphatic carbocycles. The van der Waals surface area contributed by atoms with Crippen LogP contribution in [-0.4, -0.2) is 50.9 Å². The molecule has 178 valence electrons. The molecule has 1 N–H and O–H groups in total. The van der Waals surface area contributed by atoms with Crippen LogP contribution in [0.3, 0.4) is 0 Å². The number of hydrogen-bond donors (Lipinski definition) is 1. The maximum Gasteiger partial charge on any atom is 0.226 e. The van der Waals surface area contributed by atoms with Gasteiger partial charge < -0.3 is 9.64 Å². The van der Waals surface area contributed by atoms with E-state index >= 15 is 0 Å². The van der Waals surface area contributed by atoms with Crippen molar-refractivity contribution < 1.29 is 9.53 Å². The summed E-state index contributed by atoms with van der Waals surface area (Å²) in [5.41, 5.74) is 3.25. The van der Waals surface area contributed by atoms with Gasteiger partial charge in [-0.1, -0.05) is 29.8 Å². The normalized spacial score (nSPS) is 23.2. The Kier molecular flexibility index (Phi) is 5.33. The van der Waals surface area contributed by atoms with Crippen molar-refractivity contribution in [1.29, 1.82) is 0 Å². The van der Waals surface area contributed by atoms with Gasteiger partial charge in [0.1, 0.15) is 10.8 Å². The lowest BCUT2D eigenvalue weighted by molar-refractivity contribution is -0.149. The van der Waals surface area contributed by atoms with Crippen molar-refractivity contribution in [1.82, 2.24) is 25.0 Å². The van der Waals surface area contributed by atoms with E-state index in [1.54, 1.807) is 11.3 Å². The summed E-state index contributed by atoms with van der Waals surface area (Å²) in [4.78, 5) is 16.8. The topological polar surface area (TPSA) is 72.3 Å². The van der Waals surface area contributed by atoms with Crippen LogP contribution in [0.4, 0.5) is 0 Å². The number of fused-ring (bicyclic) bond motifs is 5. The van der Waals surface area contributed by atoms with Gasteiger partial charge in [0.25, 0.3) is 0 Å². The number of aromatic nitrogens is 3. The first-order valence-corrected chi connectivity index (χ1v) is 13.0. The third-order valence-electron chi connectivity index (χ3n) is 7.15. The Morgan fingerprint density at radius 1 is 1.26 bits per heavy atom. The zero-order chi connectivity index (χ0) is 23.6. The lowest BCUT2D eigenvalue weighted by Crippen LogP contribution is -2.52. The molecule has 0 unspecified atom stereocenters. The third-order valence-corrected chi connectivity index (χ3v) is 8.74. The SMILES string of the molecule is Cc1nnc2n1-c1sc3c(c1[C@H](c1ccccc1Cl)NC2)C[C@H](C(=O)N1CCOC(C)(C)C1)C3. The van der Waals surface area contributed by atoms with Gasteiger partial charge in [0, 0.05) is 34.5 Å². The van der Waals surface area contributed by atoms with Gasteiger partial charge in [0.05, 0.1) is 24.8 Å². The molecule has 0 spiro atoms. The van der Waals surface area contributed by atoms with Gasteiger partial charge in [-0.15, -0.1) is 21.5 Å². The molecule has 1 amide bonds. The second-order valence-electron chi connectivity index (χ2n) is 10.0. The molecule has 1 fully saturated rings. The molecule has 6 rings (SSSR count). The van der Waals surface area contributed by atoms with Crippen LogP contribution >= 0.6 is 22.9 Å². The number of aryl methyl sites for hydroxylation is 1. The number of thiophene rings is 1. The van der Waals surface area contributed by atoms with Crippen molar-refractivity contribution in [3.05, 3.63) is 62.5 Å². The van der Waals surface area contributed by atoms with Gasteiger partial charge in [-0.25, -0.2) is 0 Å². The predicted molar refractivity (Wildman–Crippen MR) is 132 cm³/mol. The average molecular weight is 498 g/mol. The number of halogens is 1. The number of ether oxygens (including phenoxy) is 1. The summed E-state index contributed by atoms with van der Waals surface area (Å²) in [5, 5.41) is 14.3. The molecule has 7 nitrogen and oxygen atoms in total. The van der Waals surface area contributed by atoms with Gasteiger partial charge >= 0.3 is 0 Å². The lowest BCUT2D eigenvalue weighted by atomic mass is 9.94. The molecule has 0 saturated carbocycles. The van der Waals surface area contributed by atoms with E-state index in [0.29, 0.717) is 26.2 Å². The van der Waals surface area contributed by atoms with Crippen molar-refractivity contribution in [2.75, 3.05) is 19.7 Å². The first-order valence-electron chi connectivity index (χ1n) is 11.8. The van der Waals surface area contributed by atoms with Crippen LogP contribution in [0.25, 0.3) is 5.00 Å². The second-order valence-corrected chi connectivity index (χ2v) is 11.5. The fourth-order valence-electron chi connectivity index (χ4n) is 5.60. The van der Waals surface area contributed by atoms with Crippen molar-refractivity contribution in [2.24, 2.45) is 5.92 Å². The summed E-state index contributed by atoms with van der Waals surface area (Å²) < 4.78 is 8.00. The molecule has 9 heteroatoms. The van der Waals surface area contributed by atoms with Crippen LogP contribution in [0.1, 0.15) is 53.1 Å². The zero-order valence-electron chi connectivity index (χ0n) is 19.6. The Hall–Kier alpha value is -2.26.